The zero-order valence-electron chi connectivity index (χ0n) is 23.6. The molecular formula is C32H36N2O7. The Hall–Kier alpha value is -4.50. The Morgan fingerprint density at radius 1 is 1.02 bits per heavy atom. The van der Waals surface area contributed by atoms with Gasteiger partial charge in [0, 0.05) is 37.1 Å². The van der Waals surface area contributed by atoms with Crippen LogP contribution in [-0.2, 0) is 16.1 Å². The predicted molar refractivity (Wildman–Crippen MR) is 156 cm³/mol. The highest BCUT2D eigenvalue weighted by Crippen LogP contribution is 2.43. The topological polar surface area (TPSA) is 108 Å². The second-order valence-electron chi connectivity index (χ2n) is 9.39. The van der Waals surface area contributed by atoms with Crippen LogP contribution in [0.2, 0.25) is 0 Å². The molecule has 0 saturated carbocycles. The van der Waals surface area contributed by atoms with Crippen LogP contribution in [0.1, 0.15) is 35.6 Å². The summed E-state index contributed by atoms with van der Waals surface area (Å²) in [6, 6.07) is 20.3. The lowest BCUT2D eigenvalue weighted by Crippen LogP contribution is -2.47. The van der Waals surface area contributed by atoms with Crippen molar-refractivity contribution in [3.63, 3.8) is 0 Å². The number of rotatable bonds is 14. The summed E-state index contributed by atoms with van der Waals surface area (Å²) >= 11 is 0. The van der Waals surface area contributed by atoms with Gasteiger partial charge in [-0.05, 0) is 29.8 Å². The number of amides is 1. The Morgan fingerprint density at radius 2 is 1.71 bits per heavy atom. The molecule has 0 aromatic heterocycles. The predicted octanol–water partition coefficient (Wildman–Crippen LogP) is 4.62. The minimum absolute atomic E-state index is 0.0646. The maximum atomic E-state index is 14.1. The molecule has 0 aliphatic carbocycles. The number of aliphatic hydroxyl groups is 1. The first kappa shape index (κ1) is 29.5. The van der Waals surface area contributed by atoms with E-state index in [0.29, 0.717) is 53.1 Å². The largest absolute Gasteiger partial charge is 0.496 e. The Labute approximate surface area is 240 Å². The zero-order chi connectivity index (χ0) is 29.2. The lowest BCUT2D eigenvalue weighted by atomic mass is 9.84. The summed E-state index contributed by atoms with van der Waals surface area (Å²) in [4.78, 5) is 19.0. The van der Waals surface area contributed by atoms with Crippen molar-refractivity contribution in [1.29, 1.82) is 0 Å². The van der Waals surface area contributed by atoms with Crippen LogP contribution in [0.15, 0.2) is 84.4 Å². The number of carbonyl (C=O) groups excluding carboxylic acids is 1. The van der Waals surface area contributed by atoms with Crippen LogP contribution in [0.5, 0.6) is 23.0 Å². The van der Waals surface area contributed by atoms with Crippen molar-refractivity contribution in [1.82, 2.24) is 5.32 Å². The van der Waals surface area contributed by atoms with Gasteiger partial charge in [0.25, 0.3) is 5.91 Å². The van der Waals surface area contributed by atoms with Crippen molar-refractivity contribution >= 4 is 11.8 Å². The summed E-state index contributed by atoms with van der Waals surface area (Å²) in [7, 11) is 4.66. The molecule has 0 saturated heterocycles. The Balaban J connectivity index is 1.68. The number of hydrogen-bond donors (Lipinski definition) is 2. The minimum Gasteiger partial charge on any atom is -0.496 e. The highest BCUT2D eigenvalue weighted by Gasteiger charge is 2.52. The molecule has 41 heavy (non-hydrogen) atoms. The van der Waals surface area contributed by atoms with Gasteiger partial charge >= 0.3 is 0 Å². The lowest BCUT2D eigenvalue weighted by Gasteiger charge is -2.30. The summed E-state index contributed by atoms with van der Waals surface area (Å²) in [5, 5.41) is 12.0. The molecule has 216 valence electrons. The number of hydrogen-bond acceptors (Lipinski definition) is 8. The third kappa shape index (κ3) is 6.47. The van der Waals surface area contributed by atoms with Gasteiger partial charge in [0.05, 0.1) is 40.0 Å². The van der Waals surface area contributed by atoms with E-state index in [-0.39, 0.29) is 25.5 Å². The van der Waals surface area contributed by atoms with E-state index in [4.69, 9.17) is 33.8 Å². The van der Waals surface area contributed by atoms with Crippen LogP contribution >= 0.6 is 0 Å². The molecule has 9 heteroatoms. The molecule has 9 nitrogen and oxygen atoms in total. The van der Waals surface area contributed by atoms with E-state index in [1.165, 1.54) is 0 Å². The molecule has 4 rings (SSSR count). The van der Waals surface area contributed by atoms with Gasteiger partial charge in [-0.1, -0.05) is 36.4 Å². The van der Waals surface area contributed by atoms with Gasteiger partial charge in [-0.15, -0.1) is 6.58 Å². The fraction of sp³-hybridized carbons (Fsp3) is 0.312. The van der Waals surface area contributed by atoms with Gasteiger partial charge in [-0.25, -0.2) is 4.99 Å². The molecule has 1 heterocycles. The van der Waals surface area contributed by atoms with Crippen molar-refractivity contribution in [2.75, 3.05) is 34.5 Å². The molecule has 0 spiro atoms. The van der Waals surface area contributed by atoms with E-state index < -0.39 is 11.6 Å². The van der Waals surface area contributed by atoms with Gasteiger partial charge in [-0.3, -0.25) is 4.79 Å². The lowest BCUT2D eigenvalue weighted by molar-refractivity contribution is -0.129. The van der Waals surface area contributed by atoms with Crippen LogP contribution in [-0.4, -0.2) is 57.0 Å². The molecule has 0 bridgehead atoms. The SMILES string of the molecule is C=CC[C@@]1(C(=O)NCc2c(OC)cc(OC)cc2OC)N=C(c2ccc(OCCCO)cc2)O[C@@H]1c1ccccc1. The molecule has 2 atom stereocenters. The Morgan fingerprint density at radius 3 is 2.29 bits per heavy atom. The maximum Gasteiger partial charge on any atom is 0.252 e. The maximum absolute atomic E-state index is 14.1. The number of nitrogens with zero attached hydrogens (tertiary/aromatic N) is 1. The second kappa shape index (κ2) is 13.7. The third-order valence-electron chi connectivity index (χ3n) is 6.83. The van der Waals surface area contributed by atoms with E-state index >= 15 is 0 Å². The molecule has 0 unspecified atom stereocenters. The van der Waals surface area contributed by atoms with Crippen LogP contribution in [0.4, 0.5) is 0 Å². The van der Waals surface area contributed by atoms with Gasteiger partial charge < -0.3 is 34.1 Å². The fourth-order valence-electron chi connectivity index (χ4n) is 4.74. The quantitative estimate of drug-likeness (QED) is 0.219. The average Bonchev–Trinajstić information content (AvgIpc) is 3.41. The molecule has 0 radical (unpaired) electrons. The van der Waals surface area contributed by atoms with Gasteiger partial charge in [0.2, 0.25) is 5.90 Å². The van der Waals surface area contributed by atoms with E-state index in [0.717, 1.165) is 5.56 Å². The van der Waals surface area contributed by atoms with Gasteiger partial charge in [-0.2, -0.15) is 0 Å². The number of methoxy groups -OCH3 is 3. The molecule has 2 N–H and O–H groups in total. The molecule has 0 fully saturated rings. The first-order valence-corrected chi connectivity index (χ1v) is 13.3. The zero-order valence-corrected chi connectivity index (χ0v) is 23.6. The van der Waals surface area contributed by atoms with Crippen LogP contribution < -0.4 is 24.3 Å². The molecule has 3 aromatic rings. The highest BCUT2D eigenvalue weighted by atomic mass is 16.5. The molecule has 1 aliphatic heterocycles. The smallest absolute Gasteiger partial charge is 0.252 e. The van der Waals surface area contributed by atoms with Crippen molar-refractivity contribution in [2.45, 2.75) is 31.0 Å². The summed E-state index contributed by atoms with van der Waals surface area (Å²) in [5.41, 5.74) is 0.861. The third-order valence-corrected chi connectivity index (χ3v) is 6.83. The average molecular weight is 561 g/mol. The first-order chi connectivity index (χ1) is 20.0. The van der Waals surface area contributed by atoms with Crippen molar-refractivity contribution in [3.05, 3.63) is 96.1 Å². The number of aliphatic imine (C=N–C) groups is 1. The standard InChI is InChI=1S/C32H36N2O7/c1-5-16-32(31(36)33-21-26-27(38-3)19-25(37-2)20-28(26)39-4)29(22-10-7-6-8-11-22)41-30(34-32)23-12-14-24(15-13-23)40-18-9-17-35/h5-8,10-15,19-20,29,35H,1,9,16-18,21H2,2-4H3,(H,33,36)/t29-,32-/m1/s1. The number of nitrogens with one attached hydrogen (secondary N) is 1. The van der Waals surface area contributed by atoms with E-state index in [1.807, 2.05) is 54.6 Å². The second-order valence-corrected chi connectivity index (χ2v) is 9.39. The van der Waals surface area contributed by atoms with Crippen molar-refractivity contribution in [3.8, 4) is 23.0 Å². The number of ether oxygens (including phenoxy) is 5. The highest BCUT2D eigenvalue weighted by molar-refractivity contribution is 6.01. The molecule has 3 aromatic carbocycles. The number of carbonyl (C=O) groups is 1. The molecular weight excluding hydrogens is 524 g/mol. The van der Waals surface area contributed by atoms with E-state index in [1.54, 1.807) is 39.5 Å². The van der Waals surface area contributed by atoms with Crippen LogP contribution in [0, 0.1) is 0 Å². The normalized spacial score (nSPS) is 17.7. The van der Waals surface area contributed by atoms with Crippen LogP contribution in [0.25, 0.3) is 0 Å². The van der Waals surface area contributed by atoms with E-state index in [2.05, 4.69) is 11.9 Å². The fourth-order valence-corrected chi connectivity index (χ4v) is 4.74. The van der Waals surface area contributed by atoms with Crippen LogP contribution in [0.3, 0.4) is 0 Å². The number of benzene rings is 3. The summed E-state index contributed by atoms with van der Waals surface area (Å²) in [6.07, 6.45) is 1.76. The monoisotopic (exact) mass is 560 g/mol. The van der Waals surface area contributed by atoms with Gasteiger partial charge in [0.15, 0.2) is 11.6 Å². The molecule has 1 aliphatic rings. The summed E-state index contributed by atoms with van der Waals surface area (Å²) < 4.78 is 28.6. The summed E-state index contributed by atoms with van der Waals surface area (Å²) in [6.45, 7) is 4.53. The van der Waals surface area contributed by atoms with E-state index in [9.17, 15) is 4.79 Å². The Bertz CT molecular complexity index is 1330. The summed E-state index contributed by atoms with van der Waals surface area (Å²) in [5.74, 6) is 2.30. The molecule has 1 amide bonds. The van der Waals surface area contributed by atoms with Crippen molar-refractivity contribution < 1.29 is 33.6 Å². The first-order valence-electron chi connectivity index (χ1n) is 13.3. The van der Waals surface area contributed by atoms with Crippen molar-refractivity contribution in [2.24, 2.45) is 4.99 Å². The Kier molecular flexibility index (Phi) is 9.86. The minimum atomic E-state index is -1.32. The van der Waals surface area contributed by atoms with Gasteiger partial charge in [0.1, 0.15) is 23.0 Å². The number of aliphatic hydroxyl groups excluding tert-OH is 1.